The summed E-state index contributed by atoms with van der Waals surface area (Å²) in [5, 5.41) is 2.70. The molecule has 0 saturated carbocycles. The highest BCUT2D eigenvalue weighted by Gasteiger charge is 2.10. The monoisotopic (exact) mass is 250 g/mol. The average Bonchev–Trinajstić information content (AvgIpc) is 2.84. The molecule has 2 aromatic carbocycles. The zero-order valence-electron chi connectivity index (χ0n) is 8.94. The van der Waals surface area contributed by atoms with Gasteiger partial charge in [0.1, 0.15) is 7.85 Å². The van der Waals surface area contributed by atoms with Gasteiger partial charge in [-0.2, -0.15) is 0 Å². The Morgan fingerprint density at radius 3 is 2.35 bits per heavy atom. The zero-order valence-corrected chi connectivity index (χ0v) is 10.6. The summed E-state index contributed by atoms with van der Waals surface area (Å²) < 4.78 is 5.45. The number of benzene rings is 2. The highest BCUT2D eigenvalue weighted by Crippen LogP contribution is 2.43. The molecule has 0 fully saturated rings. The molecule has 0 spiro atoms. The molecular weight excluding hydrogens is 243 g/mol. The predicted molar refractivity (Wildman–Crippen MR) is 80.1 cm³/mol. The minimum atomic E-state index is 0.843. The van der Waals surface area contributed by atoms with E-state index in [-0.39, 0.29) is 0 Å². The molecule has 2 heterocycles. The molecule has 4 rings (SSSR count). The second-order valence-corrected chi connectivity index (χ2v) is 6.22. The van der Waals surface area contributed by atoms with Gasteiger partial charge in [-0.1, -0.05) is 41.9 Å². The summed E-state index contributed by atoms with van der Waals surface area (Å²) in [4.78, 5) is 0. The molecule has 0 saturated heterocycles. The summed E-state index contributed by atoms with van der Waals surface area (Å²) in [7, 11) is 5.84. The Balaban J connectivity index is 2.29. The van der Waals surface area contributed by atoms with Gasteiger partial charge in [0, 0.05) is 20.2 Å². The maximum Gasteiger partial charge on any atom is 0.113 e. The highest BCUT2D eigenvalue weighted by molar-refractivity contribution is 7.36. The van der Waals surface area contributed by atoms with E-state index < -0.39 is 0 Å². The van der Waals surface area contributed by atoms with Crippen molar-refractivity contribution in [3.8, 4) is 0 Å². The van der Waals surface area contributed by atoms with Crippen molar-refractivity contribution < 1.29 is 0 Å². The topological polar surface area (TPSA) is 0 Å². The summed E-state index contributed by atoms with van der Waals surface area (Å²) >= 11 is 3.72. The van der Waals surface area contributed by atoms with Crippen LogP contribution in [0.5, 0.6) is 0 Å². The van der Waals surface area contributed by atoms with Gasteiger partial charge in [0.05, 0.1) is 9.40 Å². The number of hydrogen-bond donors (Lipinski definition) is 0. The van der Waals surface area contributed by atoms with Crippen LogP contribution in [0.4, 0.5) is 0 Å². The van der Waals surface area contributed by atoms with Crippen molar-refractivity contribution in [1.82, 2.24) is 0 Å². The van der Waals surface area contributed by atoms with Crippen molar-refractivity contribution in [3.63, 3.8) is 0 Å². The predicted octanol–water partition coefficient (Wildman–Crippen LogP) is 4.06. The van der Waals surface area contributed by atoms with Crippen molar-refractivity contribution in [1.29, 1.82) is 0 Å². The first kappa shape index (κ1) is 9.69. The molecule has 78 valence electrons. The Morgan fingerprint density at radius 2 is 1.47 bits per heavy atom. The summed E-state index contributed by atoms with van der Waals surface area (Å²) in [6, 6.07) is 14.8. The third kappa shape index (κ3) is 1.30. The van der Waals surface area contributed by atoms with Crippen LogP contribution in [0.3, 0.4) is 0 Å². The Kier molecular flexibility index (Phi) is 1.90. The largest absolute Gasteiger partial charge is 0.134 e. The molecule has 0 nitrogen and oxygen atoms in total. The van der Waals surface area contributed by atoms with Gasteiger partial charge < -0.3 is 0 Å². The lowest BCUT2D eigenvalue weighted by atomic mass is 9.96. The van der Waals surface area contributed by atoms with Crippen molar-refractivity contribution in [3.05, 3.63) is 42.5 Å². The maximum atomic E-state index is 5.84. The summed E-state index contributed by atoms with van der Waals surface area (Å²) in [6.07, 6.45) is 0. The van der Waals surface area contributed by atoms with Crippen LogP contribution in [0.25, 0.3) is 29.6 Å². The lowest BCUT2D eigenvalue weighted by molar-refractivity contribution is 1.87. The summed E-state index contributed by atoms with van der Waals surface area (Å²) in [5.74, 6) is 0. The van der Waals surface area contributed by atoms with Crippen LogP contribution in [0, 0.1) is 0 Å². The molecule has 3 heteroatoms. The SMILES string of the molecule is [B]c1ccc2c(c1)sc1c3ccccc3sc21. The average molecular weight is 250 g/mol. The molecule has 4 aromatic rings. The molecule has 0 aliphatic rings. The zero-order chi connectivity index (χ0) is 11.4. The molecule has 0 amide bonds. The van der Waals surface area contributed by atoms with Crippen LogP contribution in [0.15, 0.2) is 42.5 Å². The fraction of sp³-hybridized carbons (Fsp3) is 0. The van der Waals surface area contributed by atoms with Gasteiger partial charge in [-0.3, -0.25) is 0 Å². The molecule has 0 aliphatic carbocycles. The second-order valence-electron chi connectivity index (χ2n) is 4.11. The van der Waals surface area contributed by atoms with Crippen molar-refractivity contribution in [2.45, 2.75) is 0 Å². The van der Waals surface area contributed by atoms with Crippen LogP contribution < -0.4 is 5.46 Å². The molecule has 0 N–H and O–H groups in total. The van der Waals surface area contributed by atoms with Gasteiger partial charge in [0.25, 0.3) is 0 Å². The Labute approximate surface area is 108 Å². The normalized spacial score (nSPS) is 11.8. The summed E-state index contributed by atoms with van der Waals surface area (Å²) in [6.45, 7) is 0. The molecule has 2 radical (unpaired) electrons. The minimum Gasteiger partial charge on any atom is -0.134 e. The van der Waals surface area contributed by atoms with E-state index in [1.165, 1.54) is 29.6 Å². The van der Waals surface area contributed by atoms with Gasteiger partial charge in [0.2, 0.25) is 0 Å². The van der Waals surface area contributed by atoms with E-state index in [9.17, 15) is 0 Å². The van der Waals surface area contributed by atoms with E-state index in [4.69, 9.17) is 7.85 Å². The molecule has 0 unspecified atom stereocenters. The van der Waals surface area contributed by atoms with Gasteiger partial charge in [-0.25, -0.2) is 0 Å². The lowest BCUT2D eigenvalue weighted by Gasteiger charge is -1.92. The first-order valence-electron chi connectivity index (χ1n) is 5.42. The van der Waals surface area contributed by atoms with Crippen LogP contribution in [-0.4, -0.2) is 7.85 Å². The Bertz CT molecular complexity index is 854. The first-order valence-corrected chi connectivity index (χ1v) is 7.05. The molecular formula is C14H7BS2. The number of thiophene rings is 2. The Morgan fingerprint density at radius 1 is 0.765 bits per heavy atom. The first-order chi connectivity index (χ1) is 8.33. The van der Waals surface area contributed by atoms with Crippen molar-refractivity contribution >= 4 is 65.6 Å². The van der Waals surface area contributed by atoms with E-state index in [0.717, 1.165) is 5.46 Å². The maximum absolute atomic E-state index is 5.84. The summed E-state index contributed by atoms with van der Waals surface area (Å²) in [5.41, 5.74) is 0.843. The molecule has 0 bridgehead atoms. The smallest absolute Gasteiger partial charge is 0.113 e. The Hall–Kier alpha value is -1.32. The fourth-order valence-electron chi connectivity index (χ4n) is 2.22. The van der Waals surface area contributed by atoms with Crippen LogP contribution >= 0.6 is 22.7 Å². The van der Waals surface area contributed by atoms with E-state index in [1.54, 1.807) is 0 Å². The molecule has 17 heavy (non-hydrogen) atoms. The lowest BCUT2D eigenvalue weighted by Crippen LogP contribution is -1.98. The van der Waals surface area contributed by atoms with Gasteiger partial charge in [0.15, 0.2) is 0 Å². The molecule has 0 atom stereocenters. The van der Waals surface area contributed by atoms with Crippen molar-refractivity contribution in [2.75, 3.05) is 0 Å². The highest BCUT2D eigenvalue weighted by atomic mass is 32.1. The van der Waals surface area contributed by atoms with E-state index in [1.807, 2.05) is 28.7 Å². The quantitative estimate of drug-likeness (QED) is 0.413. The van der Waals surface area contributed by atoms with Crippen molar-refractivity contribution in [2.24, 2.45) is 0 Å². The molecule has 2 aromatic heterocycles. The standard InChI is InChI=1S/C14H7BS2/c15-8-5-6-10-12(7-8)17-13-9-3-1-2-4-11(9)16-14(10)13/h1-7H. The number of rotatable bonds is 0. The fourth-order valence-corrected chi connectivity index (χ4v) is 4.92. The van der Waals surface area contributed by atoms with E-state index >= 15 is 0 Å². The third-order valence-corrected chi connectivity index (χ3v) is 5.53. The van der Waals surface area contributed by atoms with Crippen LogP contribution in [-0.2, 0) is 0 Å². The number of fused-ring (bicyclic) bond motifs is 5. The second kappa shape index (κ2) is 3.34. The number of hydrogen-bond acceptors (Lipinski definition) is 2. The molecule has 0 aliphatic heterocycles. The van der Waals surface area contributed by atoms with Gasteiger partial charge in [-0.15, -0.1) is 22.7 Å². The van der Waals surface area contributed by atoms with Crippen LogP contribution in [0.2, 0.25) is 0 Å². The van der Waals surface area contributed by atoms with Gasteiger partial charge in [-0.05, 0) is 6.07 Å². The third-order valence-electron chi connectivity index (χ3n) is 3.01. The van der Waals surface area contributed by atoms with E-state index in [2.05, 4.69) is 36.4 Å². The van der Waals surface area contributed by atoms with Crippen LogP contribution in [0.1, 0.15) is 0 Å². The van der Waals surface area contributed by atoms with E-state index in [0.29, 0.717) is 0 Å². The van der Waals surface area contributed by atoms with Gasteiger partial charge >= 0.3 is 0 Å². The minimum absolute atomic E-state index is 0.843.